The van der Waals surface area contributed by atoms with Crippen molar-refractivity contribution in [3.63, 3.8) is 0 Å². The molecule has 0 aliphatic carbocycles. The number of benzene rings is 3. The molecule has 0 bridgehead atoms. The molecule has 1 saturated heterocycles. The normalized spacial score (nSPS) is 21.1. The monoisotopic (exact) mass is 434 g/mol. The average Bonchev–Trinajstić information content (AvgIpc) is 3.09. The lowest BCUT2D eigenvalue weighted by atomic mass is 9.99. The van der Waals surface area contributed by atoms with Crippen LogP contribution in [0.3, 0.4) is 0 Å². The smallest absolute Gasteiger partial charge is 0.140 e. The van der Waals surface area contributed by atoms with Crippen LogP contribution in [0.5, 0.6) is 17.2 Å². The summed E-state index contributed by atoms with van der Waals surface area (Å²) < 4.78 is 6.46. The summed E-state index contributed by atoms with van der Waals surface area (Å²) in [5, 5.41) is 23.1. The van der Waals surface area contributed by atoms with Gasteiger partial charge in [-0.1, -0.05) is 24.3 Å². The maximum Gasteiger partial charge on any atom is 0.140 e. The molecule has 2 aliphatic rings. The van der Waals surface area contributed by atoms with Crippen molar-refractivity contribution in [3.8, 4) is 17.2 Å². The van der Waals surface area contributed by atoms with E-state index in [1.165, 1.54) is 5.69 Å². The zero-order valence-electron chi connectivity index (χ0n) is 17.2. The molecular formula is C25H26N2O3S. The van der Waals surface area contributed by atoms with Gasteiger partial charge in [0.15, 0.2) is 0 Å². The fraction of sp³-hybridized carbons (Fsp3) is 0.280. The standard InChI is InChI=1S/C25H26N2O3S/c28-20-8-4-18(5-9-20)25-24(30-22-11-10-21(29)16-23(22)31-25)17-2-6-19(7-3-17)27-14-1-12-26-13-15-27/h2-11,16,24-26,28-29H,1,12-15H2. The number of ether oxygens (including phenoxy) is 1. The summed E-state index contributed by atoms with van der Waals surface area (Å²) in [5.74, 6) is 1.26. The highest BCUT2D eigenvalue weighted by Gasteiger charge is 2.33. The molecule has 6 heteroatoms. The van der Waals surface area contributed by atoms with Crippen LogP contribution < -0.4 is 15.0 Å². The van der Waals surface area contributed by atoms with Crippen molar-refractivity contribution < 1.29 is 14.9 Å². The molecule has 0 spiro atoms. The van der Waals surface area contributed by atoms with Gasteiger partial charge in [0.2, 0.25) is 0 Å². The van der Waals surface area contributed by atoms with Crippen molar-refractivity contribution in [2.45, 2.75) is 22.7 Å². The lowest BCUT2D eigenvalue weighted by Crippen LogP contribution is -2.27. The van der Waals surface area contributed by atoms with Gasteiger partial charge in [-0.25, -0.2) is 0 Å². The average molecular weight is 435 g/mol. The minimum Gasteiger partial charge on any atom is -0.508 e. The molecule has 0 aromatic heterocycles. The Morgan fingerprint density at radius 3 is 2.39 bits per heavy atom. The predicted molar refractivity (Wildman–Crippen MR) is 124 cm³/mol. The third-order valence-corrected chi connectivity index (χ3v) is 7.20. The third-order valence-electron chi connectivity index (χ3n) is 5.86. The maximum atomic E-state index is 9.93. The SMILES string of the molecule is Oc1ccc(C2Sc3cc(O)ccc3OC2c2ccc(N3CCCNCC3)cc2)cc1. The number of rotatable bonds is 3. The molecule has 3 N–H and O–H groups in total. The Morgan fingerprint density at radius 2 is 1.58 bits per heavy atom. The van der Waals surface area contributed by atoms with Crippen molar-refractivity contribution >= 4 is 17.4 Å². The van der Waals surface area contributed by atoms with Crippen LogP contribution in [0.15, 0.2) is 71.6 Å². The highest BCUT2D eigenvalue weighted by atomic mass is 32.2. The van der Waals surface area contributed by atoms with E-state index in [4.69, 9.17) is 4.74 Å². The quantitative estimate of drug-likeness (QED) is 0.547. The van der Waals surface area contributed by atoms with Gasteiger partial charge in [0, 0.05) is 25.3 Å². The van der Waals surface area contributed by atoms with Gasteiger partial charge in [-0.3, -0.25) is 0 Å². The first-order valence-electron chi connectivity index (χ1n) is 10.7. The summed E-state index contributed by atoms with van der Waals surface area (Å²) in [6.45, 7) is 4.17. The maximum absolute atomic E-state index is 9.93. The van der Waals surface area contributed by atoms with Gasteiger partial charge in [-0.05, 0) is 66.6 Å². The van der Waals surface area contributed by atoms with Crippen LogP contribution >= 0.6 is 11.8 Å². The second-order valence-corrected chi connectivity index (χ2v) is 9.17. The van der Waals surface area contributed by atoms with Gasteiger partial charge >= 0.3 is 0 Å². The van der Waals surface area contributed by atoms with E-state index >= 15 is 0 Å². The molecule has 160 valence electrons. The van der Waals surface area contributed by atoms with Crippen LogP contribution in [0.1, 0.15) is 28.9 Å². The van der Waals surface area contributed by atoms with Gasteiger partial charge in [0.1, 0.15) is 23.4 Å². The van der Waals surface area contributed by atoms with Gasteiger partial charge in [-0.15, -0.1) is 11.8 Å². The number of hydrogen-bond acceptors (Lipinski definition) is 6. The Kier molecular flexibility index (Phi) is 5.66. The van der Waals surface area contributed by atoms with Crippen LogP contribution in [-0.2, 0) is 0 Å². The molecule has 2 unspecified atom stereocenters. The fourth-order valence-electron chi connectivity index (χ4n) is 4.21. The summed E-state index contributed by atoms with van der Waals surface area (Å²) in [5.41, 5.74) is 3.42. The Morgan fingerprint density at radius 1 is 0.839 bits per heavy atom. The summed E-state index contributed by atoms with van der Waals surface area (Å²) in [7, 11) is 0. The first-order chi connectivity index (χ1) is 15.2. The zero-order valence-corrected chi connectivity index (χ0v) is 18.0. The number of phenols is 2. The molecule has 2 aliphatic heterocycles. The summed E-state index contributed by atoms with van der Waals surface area (Å²) in [4.78, 5) is 3.35. The molecule has 31 heavy (non-hydrogen) atoms. The molecule has 3 aromatic rings. The van der Waals surface area contributed by atoms with Crippen LogP contribution in [0.4, 0.5) is 5.69 Å². The Balaban J connectivity index is 1.47. The molecule has 1 fully saturated rings. The van der Waals surface area contributed by atoms with Crippen molar-refractivity contribution in [1.82, 2.24) is 5.32 Å². The van der Waals surface area contributed by atoms with Crippen molar-refractivity contribution in [1.29, 1.82) is 0 Å². The highest BCUT2D eigenvalue weighted by Crippen LogP contribution is 2.54. The molecule has 0 amide bonds. The Labute approximate surface area is 186 Å². The first-order valence-corrected chi connectivity index (χ1v) is 11.6. The van der Waals surface area contributed by atoms with E-state index in [0.717, 1.165) is 54.4 Å². The number of nitrogens with zero attached hydrogens (tertiary/aromatic N) is 1. The number of fused-ring (bicyclic) bond motifs is 1. The second kappa shape index (κ2) is 8.73. The highest BCUT2D eigenvalue weighted by molar-refractivity contribution is 7.99. The molecule has 5 nitrogen and oxygen atoms in total. The number of thioether (sulfide) groups is 1. The van der Waals surface area contributed by atoms with Crippen LogP contribution in [0, 0.1) is 0 Å². The van der Waals surface area contributed by atoms with Gasteiger partial charge in [0.05, 0.1) is 10.1 Å². The van der Waals surface area contributed by atoms with E-state index < -0.39 is 0 Å². The van der Waals surface area contributed by atoms with E-state index in [-0.39, 0.29) is 22.9 Å². The molecule has 0 saturated carbocycles. The van der Waals surface area contributed by atoms with Crippen molar-refractivity contribution in [2.75, 3.05) is 31.1 Å². The van der Waals surface area contributed by atoms with E-state index in [0.29, 0.717) is 0 Å². The lowest BCUT2D eigenvalue weighted by molar-refractivity contribution is 0.190. The fourth-order valence-corrected chi connectivity index (χ4v) is 5.54. The summed E-state index contributed by atoms with van der Waals surface area (Å²) in [6, 6.07) is 21.2. The molecule has 2 atom stereocenters. The molecule has 0 radical (unpaired) electrons. The number of phenolic OH excluding ortho intramolecular Hbond substituents is 2. The second-order valence-electron chi connectivity index (χ2n) is 7.98. The van der Waals surface area contributed by atoms with E-state index in [1.54, 1.807) is 36.0 Å². The Hall–Kier alpha value is -2.83. The summed E-state index contributed by atoms with van der Waals surface area (Å²) >= 11 is 1.68. The van der Waals surface area contributed by atoms with Gasteiger partial charge < -0.3 is 25.2 Å². The van der Waals surface area contributed by atoms with Crippen LogP contribution in [-0.4, -0.2) is 36.4 Å². The molecule has 3 aromatic carbocycles. The van der Waals surface area contributed by atoms with Crippen molar-refractivity contribution in [3.05, 3.63) is 77.9 Å². The van der Waals surface area contributed by atoms with Gasteiger partial charge in [-0.2, -0.15) is 0 Å². The van der Waals surface area contributed by atoms with Crippen LogP contribution in [0.25, 0.3) is 0 Å². The third kappa shape index (κ3) is 4.31. The topological polar surface area (TPSA) is 65.0 Å². The predicted octanol–water partition coefficient (Wildman–Crippen LogP) is 4.86. The van der Waals surface area contributed by atoms with E-state index in [1.807, 2.05) is 18.2 Å². The molecule has 5 rings (SSSR count). The number of hydrogen-bond donors (Lipinski definition) is 3. The van der Waals surface area contributed by atoms with Gasteiger partial charge in [0.25, 0.3) is 0 Å². The zero-order chi connectivity index (χ0) is 21.2. The van der Waals surface area contributed by atoms with E-state index in [2.05, 4.69) is 34.5 Å². The first kappa shape index (κ1) is 20.1. The minimum atomic E-state index is -0.175. The van der Waals surface area contributed by atoms with E-state index in [9.17, 15) is 10.2 Å². The minimum absolute atomic E-state index is 0.00290. The van der Waals surface area contributed by atoms with Crippen LogP contribution in [0.2, 0.25) is 0 Å². The Bertz CT molecular complexity index is 1030. The largest absolute Gasteiger partial charge is 0.508 e. The molecular weight excluding hydrogens is 408 g/mol. The lowest BCUT2D eigenvalue weighted by Gasteiger charge is -2.34. The number of nitrogens with one attached hydrogen (secondary N) is 1. The van der Waals surface area contributed by atoms with Crippen molar-refractivity contribution in [2.24, 2.45) is 0 Å². The number of aromatic hydroxyl groups is 2. The molecule has 2 heterocycles. The summed E-state index contributed by atoms with van der Waals surface area (Å²) in [6.07, 6.45) is 0.975. The number of anilines is 1.